The van der Waals surface area contributed by atoms with Crippen LogP contribution in [0.2, 0.25) is 0 Å². The number of ether oxygens (including phenoxy) is 1. The average molecular weight is 429 g/mol. The number of benzene rings is 3. The van der Waals surface area contributed by atoms with Gasteiger partial charge in [-0.15, -0.1) is 0 Å². The Labute approximate surface area is 185 Å². The van der Waals surface area contributed by atoms with Gasteiger partial charge in [0.15, 0.2) is 0 Å². The van der Waals surface area contributed by atoms with E-state index in [4.69, 9.17) is 4.74 Å². The van der Waals surface area contributed by atoms with E-state index in [1.165, 1.54) is 12.1 Å². The molecule has 6 heteroatoms. The van der Waals surface area contributed by atoms with Gasteiger partial charge in [-0.2, -0.15) is 5.10 Å². The van der Waals surface area contributed by atoms with Crippen LogP contribution in [0.1, 0.15) is 35.2 Å². The van der Waals surface area contributed by atoms with Crippen molar-refractivity contribution >= 4 is 16.8 Å². The standard InChI is InChI=1S/C26H24FN3O2/c1-30(16-20-7-2-6-19-15-28-29-25(19)20)26(31)18-11-12-23(17-5-3-8-21(27)13-17)24(14-18)32-22-9-4-10-22/h2-3,5-8,11-15,22H,4,9-10,16H2,1H3,(H,28,29). The number of hydrogen-bond acceptors (Lipinski definition) is 3. The molecule has 1 amide bonds. The molecule has 32 heavy (non-hydrogen) atoms. The summed E-state index contributed by atoms with van der Waals surface area (Å²) in [5.74, 6) is 0.214. The summed E-state index contributed by atoms with van der Waals surface area (Å²) >= 11 is 0. The quantitative estimate of drug-likeness (QED) is 0.436. The topological polar surface area (TPSA) is 58.2 Å². The van der Waals surface area contributed by atoms with E-state index >= 15 is 0 Å². The minimum atomic E-state index is -0.301. The van der Waals surface area contributed by atoms with Crippen LogP contribution in [0.5, 0.6) is 5.75 Å². The molecule has 5 nitrogen and oxygen atoms in total. The molecule has 1 aliphatic rings. The Balaban J connectivity index is 1.43. The first-order valence-electron chi connectivity index (χ1n) is 10.8. The third-order valence-corrected chi connectivity index (χ3v) is 6.03. The lowest BCUT2D eigenvalue weighted by molar-refractivity contribution is 0.0783. The first-order valence-corrected chi connectivity index (χ1v) is 10.8. The van der Waals surface area contributed by atoms with Crippen molar-refractivity contribution < 1.29 is 13.9 Å². The smallest absolute Gasteiger partial charge is 0.254 e. The summed E-state index contributed by atoms with van der Waals surface area (Å²) in [6.45, 7) is 0.447. The maximum absolute atomic E-state index is 13.8. The van der Waals surface area contributed by atoms with Crippen LogP contribution < -0.4 is 4.74 Å². The van der Waals surface area contributed by atoms with Gasteiger partial charge in [-0.1, -0.05) is 30.3 Å². The van der Waals surface area contributed by atoms with E-state index < -0.39 is 0 Å². The van der Waals surface area contributed by atoms with Crippen molar-refractivity contribution in [2.75, 3.05) is 7.05 Å². The average Bonchev–Trinajstić information content (AvgIpc) is 3.25. The highest BCUT2D eigenvalue weighted by Gasteiger charge is 2.23. The molecule has 4 aromatic rings. The van der Waals surface area contributed by atoms with Crippen LogP contribution in [-0.2, 0) is 6.54 Å². The zero-order chi connectivity index (χ0) is 22.1. The van der Waals surface area contributed by atoms with Crippen LogP contribution in [0.4, 0.5) is 4.39 Å². The van der Waals surface area contributed by atoms with Gasteiger partial charge in [-0.05, 0) is 60.7 Å². The zero-order valence-corrected chi connectivity index (χ0v) is 17.8. The largest absolute Gasteiger partial charge is 0.490 e. The van der Waals surface area contributed by atoms with Gasteiger partial charge in [0.25, 0.3) is 5.91 Å². The lowest BCUT2D eigenvalue weighted by Gasteiger charge is -2.28. The van der Waals surface area contributed by atoms with Crippen molar-refractivity contribution in [3.63, 3.8) is 0 Å². The van der Waals surface area contributed by atoms with Gasteiger partial charge in [0.1, 0.15) is 11.6 Å². The van der Waals surface area contributed by atoms with Crippen molar-refractivity contribution in [3.8, 4) is 16.9 Å². The molecular weight excluding hydrogens is 405 g/mol. The van der Waals surface area contributed by atoms with Gasteiger partial charge in [0.05, 0.1) is 17.8 Å². The van der Waals surface area contributed by atoms with Gasteiger partial charge in [0.2, 0.25) is 0 Å². The predicted molar refractivity (Wildman–Crippen MR) is 122 cm³/mol. The number of aromatic nitrogens is 2. The Morgan fingerprint density at radius 1 is 1.16 bits per heavy atom. The maximum Gasteiger partial charge on any atom is 0.254 e. The van der Waals surface area contributed by atoms with E-state index in [0.29, 0.717) is 17.9 Å². The number of halogens is 1. The van der Waals surface area contributed by atoms with Crippen LogP contribution in [-0.4, -0.2) is 34.2 Å². The van der Waals surface area contributed by atoms with Crippen molar-refractivity contribution in [1.82, 2.24) is 15.1 Å². The summed E-state index contributed by atoms with van der Waals surface area (Å²) < 4.78 is 20.0. The lowest BCUT2D eigenvalue weighted by atomic mass is 9.95. The van der Waals surface area contributed by atoms with Gasteiger partial charge in [-0.3, -0.25) is 9.89 Å². The van der Waals surface area contributed by atoms with E-state index in [-0.39, 0.29) is 17.8 Å². The van der Waals surface area contributed by atoms with E-state index in [1.54, 1.807) is 36.3 Å². The number of rotatable bonds is 6. The molecule has 5 rings (SSSR count). The molecule has 0 unspecified atom stereocenters. The molecule has 1 aromatic heterocycles. The summed E-state index contributed by atoms with van der Waals surface area (Å²) in [7, 11) is 1.78. The van der Waals surface area contributed by atoms with Gasteiger partial charge < -0.3 is 9.64 Å². The highest BCUT2D eigenvalue weighted by molar-refractivity contribution is 5.95. The number of para-hydroxylation sites is 1. The number of aromatic amines is 1. The second-order valence-corrected chi connectivity index (χ2v) is 8.30. The monoisotopic (exact) mass is 429 g/mol. The van der Waals surface area contributed by atoms with Crippen LogP contribution in [0.15, 0.2) is 66.9 Å². The molecular formula is C26H24FN3O2. The Morgan fingerprint density at radius 3 is 2.78 bits per heavy atom. The lowest BCUT2D eigenvalue weighted by Crippen LogP contribution is -2.27. The fraction of sp³-hybridized carbons (Fsp3) is 0.231. The van der Waals surface area contributed by atoms with E-state index in [0.717, 1.165) is 46.9 Å². The van der Waals surface area contributed by atoms with E-state index in [2.05, 4.69) is 10.2 Å². The second kappa shape index (κ2) is 8.46. The van der Waals surface area contributed by atoms with E-state index in [9.17, 15) is 9.18 Å². The number of nitrogens with zero attached hydrogens (tertiary/aromatic N) is 2. The third-order valence-electron chi connectivity index (χ3n) is 6.03. The van der Waals surface area contributed by atoms with Crippen LogP contribution in [0.3, 0.4) is 0 Å². The van der Waals surface area contributed by atoms with Crippen LogP contribution in [0, 0.1) is 5.82 Å². The minimum absolute atomic E-state index is 0.106. The van der Waals surface area contributed by atoms with Crippen LogP contribution in [0.25, 0.3) is 22.0 Å². The summed E-state index contributed by atoms with van der Waals surface area (Å²) in [6, 6.07) is 17.8. The van der Waals surface area contributed by atoms with Crippen molar-refractivity contribution in [2.45, 2.75) is 31.9 Å². The Morgan fingerprint density at radius 2 is 2.00 bits per heavy atom. The number of amides is 1. The summed E-state index contributed by atoms with van der Waals surface area (Å²) in [5, 5.41) is 8.12. The molecule has 0 radical (unpaired) electrons. The normalized spacial score (nSPS) is 13.7. The first-order chi connectivity index (χ1) is 15.6. The zero-order valence-electron chi connectivity index (χ0n) is 17.8. The van der Waals surface area contributed by atoms with Crippen LogP contribution >= 0.6 is 0 Å². The predicted octanol–water partition coefficient (Wildman–Crippen LogP) is 5.57. The summed E-state index contributed by atoms with van der Waals surface area (Å²) in [5.41, 5.74) is 4.00. The Bertz CT molecular complexity index is 1280. The number of carbonyl (C=O) groups is 1. The molecule has 1 saturated carbocycles. The molecule has 1 N–H and O–H groups in total. The minimum Gasteiger partial charge on any atom is -0.490 e. The molecule has 0 atom stereocenters. The fourth-order valence-corrected chi connectivity index (χ4v) is 4.03. The molecule has 0 aliphatic heterocycles. The number of H-pyrrole nitrogens is 1. The Kier molecular flexibility index (Phi) is 5.35. The summed E-state index contributed by atoms with van der Waals surface area (Å²) in [4.78, 5) is 14.9. The SMILES string of the molecule is CN(Cc1cccc2cn[nH]c12)C(=O)c1ccc(-c2cccc(F)c2)c(OC2CCC2)c1. The van der Waals surface area contributed by atoms with Gasteiger partial charge in [-0.25, -0.2) is 4.39 Å². The first kappa shape index (κ1) is 20.2. The molecule has 0 saturated heterocycles. The highest BCUT2D eigenvalue weighted by atomic mass is 19.1. The van der Waals surface area contributed by atoms with Gasteiger partial charge in [0, 0.05) is 30.1 Å². The molecule has 0 bridgehead atoms. The van der Waals surface area contributed by atoms with Crippen molar-refractivity contribution in [3.05, 3.63) is 83.8 Å². The molecule has 0 spiro atoms. The second-order valence-electron chi connectivity index (χ2n) is 8.30. The van der Waals surface area contributed by atoms with Crippen molar-refractivity contribution in [1.29, 1.82) is 0 Å². The summed E-state index contributed by atoms with van der Waals surface area (Å²) in [6.07, 6.45) is 5.04. The van der Waals surface area contributed by atoms with Crippen molar-refractivity contribution in [2.24, 2.45) is 0 Å². The molecule has 1 aliphatic carbocycles. The molecule has 3 aromatic carbocycles. The number of fused-ring (bicyclic) bond motifs is 1. The maximum atomic E-state index is 13.8. The van der Waals surface area contributed by atoms with E-state index in [1.807, 2.05) is 30.3 Å². The molecule has 1 heterocycles. The van der Waals surface area contributed by atoms with Gasteiger partial charge >= 0.3 is 0 Å². The Hall–Kier alpha value is -3.67. The number of hydrogen-bond donors (Lipinski definition) is 1. The fourth-order valence-electron chi connectivity index (χ4n) is 4.03. The highest BCUT2D eigenvalue weighted by Crippen LogP contribution is 2.35. The number of nitrogens with one attached hydrogen (secondary N) is 1. The molecule has 162 valence electrons. The number of carbonyl (C=O) groups excluding carboxylic acids is 1. The molecule has 1 fully saturated rings. The third kappa shape index (κ3) is 3.96.